The molecule has 0 spiro atoms. The van der Waals surface area contributed by atoms with Gasteiger partial charge in [-0.3, -0.25) is 9.55 Å². The zero-order valence-corrected chi connectivity index (χ0v) is 9.27. The van der Waals surface area contributed by atoms with Crippen LogP contribution in [-0.4, -0.2) is 19.9 Å². The average Bonchev–Trinajstić information content (AvgIpc) is 2.12. The van der Waals surface area contributed by atoms with Crippen LogP contribution in [0.2, 0.25) is 0 Å². The van der Waals surface area contributed by atoms with Gasteiger partial charge in [-0.05, 0) is 25.5 Å². The van der Waals surface area contributed by atoms with Crippen molar-refractivity contribution in [3.05, 3.63) is 28.8 Å². The van der Waals surface area contributed by atoms with E-state index in [1.54, 1.807) is 13.8 Å². The Morgan fingerprint density at radius 3 is 2.53 bits per heavy atom. The first-order valence-electron chi connectivity index (χ1n) is 4.21. The fourth-order valence-electron chi connectivity index (χ4n) is 1.08. The second-order valence-corrected chi connectivity index (χ2v) is 4.65. The first-order valence-corrected chi connectivity index (χ1v) is 5.89. The van der Waals surface area contributed by atoms with Crippen molar-refractivity contribution >= 4 is 13.7 Å². The zero-order valence-electron chi connectivity index (χ0n) is 8.38. The Kier molecular flexibility index (Phi) is 3.29. The van der Waals surface area contributed by atoms with Gasteiger partial charge in [-0.1, -0.05) is 0 Å². The molecule has 1 rings (SSSR count). The fourth-order valence-corrected chi connectivity index (χ4v) is 1.43. The summed E-state index contributed by atoms with van der Waals surface area (Å²) in [5.74, 6) is 0.828. The summed E-state index contributed by atoms with van der Waals surface area (Å²) in [6.07, 6.45) is 2.71. The summed E-state index contributed by atoms with van der Waals surface area (Å²) in [6.45, 7) is 3.31. The van der Waals surface area contributed by atoms with Crippen molar-refractivity contribution in [2.24, 2.45) is 0 Å². The molecule has 3 N–H and O–H groups in total. The lowest BCUT2D eigenvalue weighted by Gasteiger charge is -2.05. The van der Waals surface area contributed by atoms with Gasteiger partial charge in [0, 0.05) is 17.6 Å². The molecule has 1 aromatic rings. The van der Waals surface area contributed by atoms with Crippen molar-refractivity contribution in [2.75, 3.05) is 0 Å². The molecular weight excluding hydrogens is 217 g/mol. The molecule has 0 aliphatic heterocycles. The second kappa shape index (κ2) is 4.14. The van der Waals surface area contributed by atoms with Crippen molar-refractivity contribution in [1.82, 2.24) is 4.98 Å². The summed E-state index contributed by atoms with van der Waals surface area (Å²) in [5, 5.41) is 9.53. The van der Waals surface area contributed by atoms with Gasteiger partial charge in [-0.15, -0.1) is 0 Å². The molecule has 15 heavy (non-hydrogen) atoms. The Morgan fingerprint density at radius 2 is 2.00 bits per heavy atom. The zero-order chi connectivity index (χ0) is 11.6. The highest BCUT2D eigenvalue weighted by molar-refractivity contribution is 7.55. The normalized spacial score (nSPS) is 12.3. The van der Waals surface area contributed by atoms with Crippen molar-refractivity contribution in [3.8, 4) is 5.75 Å². The molecule has 1 heterocycles. The SMILES string of the molecule is Cc1ncc(C=CP(=O)(O)O)c(C)c1O. The highest BCUT2D eigenvalue weighted by Crippen LogP contribution is 2.37. The topological polar surface area (TPSA) is 90.7 Å². The van der Waals surface area contributed by atoms with Gasteiger partial charge < -0.3 is 14.9 Å². The Labute approximate surface area is 87.3 Å². The van der Waals surface area contributed by atoms with E-state index in [-0.39, 0.29) is 5.75 Å². The number of nitrogens with zero attached hydrogens (tertiary/aromatic N) is 1. The van der Waals surface area contributed by atoms with Gasteiger partial charge in [0.15, 0.2) is 0 Å². The van der Waals surface area contributed by atoms with Crippen LogP contribution >= 0.6 is 7.60 Å². The maximum absolute atomic E-state index is 10.6. The molecule has 0 aromatic carbocycles. The largest absolute Gasteiger partial charge is 0.506 e. The lowest BCUT2D eigenvalue weighted by Crippen LogP contribution is -1.89. The van der Waals surface area contributed by atoms with E-state index in [0.717, 1.165) is 5.82 Å². The standard InChI is InChI=1S/C9H12NO4P/c1-6-8(3-4-15(12,13)14)5-10-7(2)9(6)11/h3-5,11H,1-2H3,(H2,12,13,14). The van der Waals surface area contributed by atoms with E-state index < -0.39 is 7.60 Å². The second-order valence-electron chi connectivity index (χ2n) is 3.18. The minimum absolute atomic E-state index is 0.0443. The third-order valence-electron chi connectivity index (χ3n) is 1.98. The number of hydrogen-bond acceptors (Lipinski definition) is 3. The van der Waals surface area contributed by atoms with Crippen molar-refractivity contribution < 1.29 is 19.5 Å². The molecule has 82 valence electrons. The fraction of sp³-hybridized carbons (Fsp3) is 0.222. The molecule has 6 heteroatoms. The molecule has 1 aromatic heterocycles. The van der Waals surface area contributed by atoms with Crippen molar-refractivity contribution in [1.29, 1.82) is 0 Å². The van der Waals surface area contributed by atoms with Crippen LogP contribution in [0.4, 0.5) is 0 Å². The van der Waals surface area contributed by atoms with E-state index in [9.17, 15) is 9.67 Å². The molecular formula is C9H12NO4P. The van der Waals surface area contributed by atoms with Crippen LogP contribution < -0.4 is 0 Å². The first-order chi connectivity index (χ1) is 6.81. The Bertz CT molecular complexity index is 450. The van der Waals surface area contributed by atoms with Crippen LogP contribution in [0.15, 0.2) is 12.0 Å². The minimum atomic E-state index is -4.17. The van der Waals surface area contributed by atoms with E-state index in [0.29, 0.717) is 16.8 Å². The number of aromatic hydroxyl groups is 1. The monoisotopic (exact) mass is 229 g/mol. The maximum Gasteiger partial charge on any atom is 0.349 e. The van der Waals surface area contributed by atoms with Crippen molar-refractivity contribution in [2.45, 2.75) is 13.8 Å². The van der Waals surface area contributed by atoms with Gasteiger partial charge in [0.25, 0.3) is 0 Å². The smallest absolute Gasteiger partial charge is 0.349 e. The Morgan fingerprint density at radius 1 is 1.40 bits per heavy atom. The molecule has 0 fully saturated rings. The molecule has 0 aliphatic carbocycles. The predicted octanol–water partition coefficient (Wildman–Crippen LogP) is 1.55. The van der Waals surface area contributed by atoms with Crippen LogP contribution in [0.25, 0.3) is 6.08 Å². The molecule has 0 aliphatic rings. The van der Waals surface area contributed by atoms with E-state index in [1.807, 2.05) is 0 Å². The van der Waals surface area contributed by atoms with Gasteiger partial charge in [0.05, 0.1) is 5.69 Å². The number of pyridine rings is 1. The predicted molar refractivity (Wildman–Crippen MR) is 56.5 cm³/mol. The van der Waals surface area contributed by atoms with E-state index in [4.69, 9.17) is 9.79 Å². The van der Waals surface area contributed by atoms with Gasteiger partial charge in [-0.25, -0.2) is 0 Å². The molecule has 0 amide bonds. The van der Waals surface area contributed by atoms with Gasteiger partial charge in [0.2, 0.25) is 0 Å². The van der Waals surface area contributed by atoms with Gasteiger partial charge in [0.1, 0.15) is 5.75 Å². The number of rotatable bonds is 2. The summed E-state index contributed by atoms with van der Waals surface area (Å²) in [6, 6.07) is 0. The lowest BCUT2D eigenvalue weighted by atomic mass is 10.1. The number of hydrogen-bond donors (Lipinski definition) is 3. The molecule has 5 nitrogen and oxygen atoms in total. The summed E-state index contributed by atoms with van der Waals surface area (Å²) < 4.78 is 10.6. The van der Waals surface area contributed by atoms with E-state index >= 15 is 0 Å². The first kappa shape index (κ1) is 11.9. The van der Waals surface area contributed by atoms with Crippen LogP contribution in [0, 0.1) is 13.8 Å². The van der Waals surface area contributed by atoms with Crippen LogP contribution in [0.1, 0.15) is 16.8 Å². The summed E-state index contributed by atoms with van der Waals surface area (Å²) in [4.78, 5) is 21.2. The number of aryl methyl sites for hydroxylation is 1. The minimum Gasteiger partial charge on any atom is -0.506 e. The molecule has 0 atom stereocenters. The molecule has 0 unspecified atom stereocenters. The lowest BCUT2D eigenvalue weighted by molar-refractivity contribution is 0.386. The molecule has 0 saturated heterocycles. The third-order valence-corrected chi connectivity index (χ3v) is 2.51. The Balaban J connectivity index is 3.13. The highest BCUT2D eigenvalue weighted by Gasteiger charge is 2.08. The van der Waals surface area contributed by atoms with Gasteiger partial charge in [-0.2, -0.15) is 0 Å². The van der Waals surface area contributed by atoms with E-state index in [1.165, 1.54) is 12.3 Å². The molecule has 0 saturated carbocycles. The number of aromatic nitrogens is 1. The third kappa shape index (κ3) is 3.16. The highest BCUT2D eigenvalue weighted by atomic mass is 31.2. The van der Waals surface area contributed by atoms with E-state index in [2.05, 4.69) is 4.98 Å². The molecule has 0 bridgehead atoms. The summed E-state index contributed by atoms with van der Waals surface area (Å²) in [5.41, 5.74) is 1.52. The Hall–Kier alpha value is -1.16. The quantitative estimate of drug-likeness (QED) is 0.669. The maximum atomic E-state index is 10.6. The summed E-state index contributed by atoms with van der Waals surface area (Å²) in [7, 11) is -4.17. The summed E-state index contributed by atoms with van der Waals surface area (Å²) >= 11 is 0. The average molecular weight is 229 g/mol. The molecule has 0 radical (unpaired) electrons. The van der Waals surface area contributed by atoms with Crippen LogP contribution in [-0.2, 0) is 4.57 Å². The van der Waals surface area contributed by atoms with Crippen molar-refractivity contribution in [3.63, 3.8) is 0 Å². The van der Waals surface area contributed by atoms with Crippen LogP contribution in [0.5, 0.6) is 5.75 Å². The van der Waals surface area contributed by atoms with Gasteiger partial charge >= 0.3 is 7.60 Å². The van der Waals surface area contributed by atoms with Crippen LogP contribution in [0.3, 0.4) is 0 Å².